The Bertz CT molecular complexity index is 936. The number of amides is 1. The Kier molecular flexibility index (Phi) is 5.92. The van der Waals surface area contributed by atoms with Gasteiger partial charge in [-0.05, 0) is 24.1 Å². The van der Waals surface area contributed by atoms with Gasteiger partial charge in [-0.1, -0.05) is 12.1 Å². The monoisotopic (exact) mass is 388 g/mol. The van der Waals surface area contributed by atoms with Crippen molar-refractivity contribution in [3.8, 4) is 10.6 Å². The molecule has 0 bridgehead atoms. The van der Waals surface area contributed by atoms with Crippen LogP contribution >= 0.6 is 11.3 Å². The minimum atomic E-state index is -0.657. The van der Waals surface area contributed by atoms with Crippen LogP contribution in [0.2, 0.25) is 0 Å². The molecular formula is C18H17FN4O3S. The van der Waals surface area contributed by atoms with Crippen LogP contribution in [0.3, 0.4) is 0 Å². The summed E-state index contributed by atoms with van der Waals surface area (Å²) >= 11 is 1.30. The number of hydrogen-bond acceptors (Lipinski definition) is 6. The maximum Gasteiger partial charge on any atom is 0.358 e. The molecule has 0 radical (unpaired) electrons. The van der Waals surface area contributed by atoms with Gasteiger partial charge in [-0.2, -0.15) is 5.10 Å². The molecule has 140 valence electrons. The van der Waals surface area contributed by atoms with E-state index in [1.54, 1.807) is 41.6 Å². The number of aryl methyl sites for hydroxylation is 1. The number of nitrogens with zero attached hydrogens (tertiary/aromatic N) is 3. The van der Waals surface area contributed by atoms with Crippen molar-refractivity contribution in [1.82, 2.24) is 20.1 Å². The Morgan fingerprint density at radius 1 is 1.30 bits per heavy atom. The molecule has 0 fully saturated rings. The molecule has 3 rings (SSSR count). The lowest BCUT2D eigenvalue weighted by molar-refractivity contribution is -0.124. The first-order chi connectivity index (χ1) is 13.0. The maximum absolute atomic E-state index is 12.8. The molecule has 7 nitrogen and oxygen atoms in total. The zero-order valence-electron chi connectivity index (χ0n) is 14.5. The predicted octanol–water partition coefficient (Wildman–Crippen LogP) is 2.20. The third-order valence-electron chi connectivity index (χ3n) is 3.65. The molecule has 0 aliphatic carbocycles. The van der Waals surface area contributed by atoms with Gasteiger partial charge in [0.1, 0.15) is 10.8 Å². The summed E-state index contributed by atoms with van der Waals surface area (Å²) in [5, 5.41) is 8.94. The molecule has 0 saturated heterocycles. The number of carbonyl (C=O) groups excluding carboxylic acids is 2. The van der Waals surface area contributed by atoms with Gasteiger partial charge >= 0.3 is 5.97 Å². The van der Waals surface area contributed by atoms with Crippen LogP contribution in [0.1, 0.15) is 16.1 Å². The zero-order chi connectivity index (χ0) is 19.2. The van der Waals surface area contributed by atoms with Gasteiger partial charge in [0.15, 0.2) is 12.3 Å². The number of halogens is 1. The molecule has 0 aliphatic heterocycles. The number of ether oxygens (including phenoxy) is 1. The number of carbonyl (C=O) groups is 2. The number of thiazole rings is 1. The van der Waals surface area contributed by atoms with Gasteiger partial charge in [0, 0.05) is 30.7 Å². The Hall–Kier alpha value is -3.07. The van der Waals surface area contributed by atoms with E-state index in [1.165, 1.54) is 23.5 Å². The molecule has 0 aliphatic rings. The summed E-state index contributed by atoms with van der Waals surface area (Å²) in [6.45, 7) is -0.0219. The van der Waals surface area contributed by atoms with Crippen molar-refractivity contribution < 1.29 is 18.7 Å². The van der Waals surface area contributed by atoms with E-state index >= 15 is 0 Å². The highest BCUT2D eigenvalue weighted by atomic mass is 32.1. The number of benzene rings is 1. The molecule has 2 heterocycles. The van der Waals surface area contributed by atoms with Crippen LogP contribution in [0.15, 0.2) is 42.0 Å². The summed E-state index contributed by atoms with van der Waals surface area (Å²) < 4.78 is 19.5. The molecule has 27 heavy (non-hydrogen) atoms. The molecular weight excluding hydrogens is 371 g/mol. The lowest BCUT2D eigenvalue weighted by Gasteiger charge is -2.06. The van der Waals surface area contributed by atoms with Crippen LogP contribution in [0.4, 0.5) is 4.39 Å². The second-order valence-electron chi connectivity index (χ2n) is 5.74. The number of nitrogens with one attached hydrogen (secondary N) is 1. The Balaban J connectivity index is 1.42. The summed E-state index contributed by atoms with van der Waals surface area (Å²) in [7, 11) is 1.79. The van der Waals surface area contributed by atoms with Gasteiger partial charge in [0.25, 0.3) is 5.91 Å². The van der Waals surface area contributed by atoms with E-state index in [-0.39, 0.29) is 18.1 Å². The average Bonchev–Trinajstić information content (AvgIpc) is 3.30. The van der Waals surface area contributed by atoms with E-state index in [0.717, 1.165) is 11.1 Å². The van der Waals surface area contributed by atoms with Crippen LogP contribution in [-0.2, 0) is 23.0 Å². The Morgan fingerprint density at radius 2 is 2.07 bits per heavy atom. The molecule has 3 aromatic rings. The summed E-state index contributed by atoms with van der Waals surface area (Å²) in [5.41, 5.74) is 1.86. The first-order valence-electron chi connectivity index (χ1n) is 8.14. The molecule has 0 saturated carbocycles. The SMILES string of the molecule is Cn1cc(-c2nc(C(=O)OCC(=O)NCCc3ccc(F)cc3)cs2)cn1. The highest BCUT2D eigenvalue weighted by molar-refractivity contribution is 7.13. The fourth-order valence-electron chi connectivity index (χ4n) is 2.29. The standard InChI is InChI=1S/C18H17FN4O3S/c1-23-9-13(8-21-23)17-22-15(11-27-17)18(25)26-10-16(24)20-7-6-12-2-4-14(19)5-3-12/h2-5,8-9,11H,6-7,10H2,1H3,(H,20,24). The van der Waals surface area contributed by atoms with E-state index in [9.17, 15) is 14.0 Å². The van der Waals surface area contributed by atoms with Crippen molar-refractivity contribution in [2.24, 2.45) is 7.05 Å². The van der Waals surface area contributed by atoms with Crippen LogP contribution in [0.25, 0.3) is 10.6 Å². The predicted molar refractivity (Wildman–Crippen MR) is 97.7 cm³/mol. The van der Waals surface area contributed by atoms with Gasteiger partial charge in [-0.3, -0.25) is 9.48 Å². The van der Waals surface area contributed by atoms with E-state index in [1.807, 2.05) is 0 Å². The van der Waals surface area contributed by atoms with Gasteiger partial charge in [-0.25, -0.2) is 14.2 Å². The Labute approximate surface area is 158 Å². The third kappa shape index (κ3) is 5.20. The summed E-state index contributed by atoms with van der Waals surface area (Å²) in [6.07, 6.45) is 4.01. The molecule has 0 spiro atoms. The minimum absolute atomic E-state index is 0.151. The second kappa shape index (κ2) is 8.54. The molecule has 1 N–H and O–H groups in total. The lowest BCUT2D eigenvalue weighted by Crippen LogP contribution is -2.30. The number of hydrogen-bond donors (Lipinski definition) is 1. The lowest BCUT2D eigenvalue weighted by atomic mass is 10.1. The fraction of sp³-hybridized carbons (Fsp3) is 0.222. The fourth-order valence-corrected chi connectivity index (χ4v) is 3.05. The molecule has 2 aromatic heterocycles. The largest absolute Gasteiger partial charge is 0.451 e. The van der Waals surface area contributed by atoms with E-state index in [0.29, 0.717) is 18.0 Å². The van der Waals surface area contributed by atoms with Crippen molar-refractivity contribution in [2.75, 3.05) is 13.2 Å². The molecule has 9 heteroatoms. The number of rotatable bonds is 7. The van der Waals surface area contributed by atoms with Gasteiger partial charge in [0.05, 0.1) is 6.20 Å². The van der Waals surface area contributed by atoms with E-state index < -0.39 is 11.9 Å². The van der Waals surface area contributed by atoms with E-state index in [2.05, 4.69) is 15.4 Å². The van der Waals surface area contributed by atoms with Crippen molar-refractivity contribution in [3.05, 3.63) is 59.1 Å². The van der Waals surface area contributed by atoms with Crippen molar-refractivity contribution >= 4 is 23.2 Å². The first kappa shape index (κ1) is 18.7. The smallest absolute Gasteiger partial charge is 0.358 e. The van der Waals surface area contributed by atoms with Crippen molar-refractivity contribution in [3.63, 3.8) is 0 Å². The Morgan fingerprint density at radius 3 is 2.78 bits per heavy atom. The number of aromatic nitrogens is 3. The second-order valence-corrected chi connectivity index (χ2v) is 6.60. The normalized spacial score (nSPS) is 10.6. The quantitative estimate of drug-likeness (QED) is 0.627. The minimum Gasteiger partial charge on any atom is -0.451 e. The maximum atomic E-state index is 12.8. The van der Waals surface area contributed by atoms with Crippen molar-refractivity contribution in [1.29, 1.82) is 0 Å². The van der Waals surface area contributed by atoms with Crippen LogP contribution in [0, 0.1) is 5.82 Å². The number of esters is 1. The molecule has 1 aromatic carbocycles. The highest BCUT2D eigenvalue weighted by Crippen LogP contribution is 2.23. The molecule has 0 atom stereocenters. The van der Waals surface area contributed by atoms with Crippen LogP contribution < -0.4 is 5.32 Å². The topological polar surface area (TPSA) is 86.1 Å². The van der Waals surface area contributed by atoms with Gasteiger partial charge < -0.3 is 10.1 Å². The van der Waals surface area contributed by atoms with Crippen LogP contribution in [0.5, 0.6) is 0 Å². The summed E-state index contributed by atoms with van der Waals surface area (Å²) in [5.74, 6) is -1.37. The average molecular weight is 388 g/mol. The first-order valence-corrected chi connectivity index (χ1v) is 9.02. The molecule has 1 amide bonds. The third-order valence-corrected chi connectivity index (χ3v) is 4.54. The zero-order valence-corrected chi connectivity index (χ0v) is 15.3. The van der Waals surface area contributed by atoms with Crippen molar-refractivity contribution in [2.45, 2.75) is 6.42 Å². The highest BCUT2D eigenvalue weighted by Gasteiger charge is 2.15. The summed E-state index contributed by atoms with van der Waals surface area (Å²) in [4.78, 5) is 28.0. The van der Waals surface area contributed by atoms with Crippen LogP contribution in [-0.4, -0.2) is 39.8 Å². The van der Waals surface area contributed by atoms with Gasteiger partial charge in [-0.15, -0.1) is 11.3 Å². The molecule has 0 unspecified atom stereocenters. The summed E-state index contributed by atoms with van der Waals surface area (Å²) in [6, 6.07) is 6.05. The van der Waals surface area contributed by atoms with E-state index in [4.69, 9.17) is 4.74 Å². The van der Waals surface area contributed by atoms with Gasteiger partial charge in [0.2, 0.25) is 0 Å².